The first-order chi connectivity index (χ1) is 34.8. The van der Waals surface area contributed by atoms with Gasteiger partial charge in [0.1, 0.15) is 48.3 Å². The van der Waals surface area contributed by atoms with Gasteiger partial charge in [0, 0.05) is 41.8 Å². The molecular formula is C51H85N9O15. The number of cyclic esters (lactones) is 1. The van der Waals surface area contributed by atoms with Gasteiger partial charge in [-0.15, -0.1) is 0 Å². The summed E-state index contributed by atoms with van der Waals surface area (Å²) in [6.45, 7) is 17.3. The second-order valence-electron chi connectivity index (χ2n) is 21.2. The van der Waals surface area contributed by atoms with Gasteiger partial charge in [-0.2, -0.15) is 0 Å². The number of carboxylic acid groups (broad SMARTS) is 2. The molecule has 11 atom stereocenters. The topological polar surface area (TPSA) is 310 Å². The molecule has 0 radical (unpaired) electrons. The van der Waals surface area contributed by atoms with Gasteiger partial charge in [0.2, 0.25) is 47.3 Å². The van der Waals surface area contributed by atoms with E-state index in [9.17, 15) is 67.7 Å². The Morgan fingerprint density at radius 1 is 0.573 bits per heavy atom. The van der Waals surface area contributed by atoms with Crippen LogP contribution in [0.1, 0.15) is 121 Å². The number of fused-ring (bicyclic) bond motifs is 1. The fourth-order valence-corrected chi connectivity index (χ4v) is 9.84. The van der Waals surface area contributed by atoms with Crippen molar-refractivity contribution in [3.8, 4) is 0 Å². The number of nitrogens with one attached hydrogen (secondary N) is 3. The first-order valence-corrected chi connectivity index (χ1v) is 25.9. The highest BCUT2D eigenvalue weighted by atomic mass is 16.5. The largest absolute Gasteiger partial charge is 0.481 e. The number of carboxylic acids is 2. The highest BCUT2D eigenvalue weighted by Gasteiger charge is 2.46. The van der Waals surface area contributed by atoms with E-state index in [4.69, 9.17) is 4.74 Å². The highest BCUT2D eigenvalue weighted by molar-refractivity contribution is 5.99. The number of rotatable bonds is 11. The summed E-state index contributed by atoms with van der Waals surface area (Å²) in [5.74, 6) is -14.6. The molecule has 0 aromatic heterocycles. The smallest absolute Gasteiger partial charge is 0.330 e. The van der Waals surface area contributed by atoms with Crippen molar-refractivity contribution in [3.05, 3.63) is 0 Å². The Bertz CT molecular complexity index is 2120. The fourth-order valence-electron chi connectivity index (χ4n) is 9.84. The van der Waals surface area contributed by atoms with Gasteiger partial charge >= 0.3 is 17.9 Å². The van der Waals surface area contributed by atoms with Gasteiger partial charge < -0.3 is 60.3 Å². The Labute approximate surface area is 441 Å². The van der Waals surface area contributed by atoms with Crippen LogP contribution in [0.5, 0.6) is 0 Å². The van der Waals surface area contributed by atoms with Crippen LogP contribution in [0.15, 0.2) is 0 Å². The number of nitrogens with zero attached hydrogens (tertiary/aromatic N) is 6. The highest BCUT2D eigenvalue weighted by Crippen LogP contribution is 2.26. The maximum atomic E-state index is 14.8. The standard InChI is InChI=1S/C51H85N9O15/c1-17-29(9)41-43(66)52-25-35(61)56(13)39(27(5)6)44(67)53-32(23-36(62)63)51(74)75-31(11)46(69)60-22-20-19-21-33(60)47(70)57(14)40(28(7)8)45(68)54-38(26(3)4)49(72)55(12)34(24-37(64)65)48(71)59(16)42(30(10)18-2)50(73)58(41)15/h26-34,38-42H,17-25H2,1-16H3,(H,52,66)(H,53,67)(H,54,68)(H,62,63)(H,64,65)/t29-,30+,31-,32+,33+,34+,38+,39+,40+,41+,42+/m1/s1. The van der Waals surface area contributed by atoms with Crippen molar-refractivity contribution in [1.82, 2.24) is 45.3 Å². The van der Waals surface area contributed by atoms with Crippen molar-refractivity contribution in [2.75, 3.05) is 48.3 Å². The van der Waals surface area contributed by atoms with Crippen molar-refractivity contribution in [1.29, 1.82) is 0 Å². The number of carbonyl (C=O) groups is 12. The zero-order valence-corrected chi connectivity index (χ0v) is 46.8. The van der Waals surface area contributed by atoms with Crippen molar-refractivity contribution < 1.29 is 72.5 Å². The van der Waals surface area contributed by atoms with E-state index in [0.29, 0.717) is 25.7 Å². The van der Waals surface area contributed by atoms with Crippen LogP contribution in [0.2, 0.25) is 0 Å². The number of carbonyl (C=O) groups excluding carboxylic acids is 10. The number of aliphatic carboxylic acids is 2. The molecule has 0 bridgehead atoms. The Hall–Kier alpha value is -6.36. The first-order valence-electron chi connectivity index (χ1n) is 25.9. The summed E-state index contributed by atoms with van der Waals surface area (Å²) in [4.78, 5) is 174. The van der Waals surface area contributed by atoms with E-state index in [1.165, 1.54) is 47.1 Å². The van der Waals surface area contributed by atoms with Gasteiger partial charge in [-0.05, 0) is 55.8 Å². The molecule has 2 saturated heterocycles. The molecule has 9 amide bonds. The zero-order chi connectivity index (χ0) is 57.7. The van der Waals surface area contributed by atoms with Gasteiger partial charge in [0.05, 0.1) is 19.4 Å². The molecular weight excluding hydrogens is 979 g/mol. The third kappa shape index (κ3) is 16.3. The lowest BCUT2D eigenvalue weighted by Gasteiger charge is -2.41. The van der Waals surface area contributed by atoms with Gasteiger partial charge in [0.15, 0.2) is 6.10 Å². The van der Waals surface area contributed by atoms with Crippen LogP contribution in [0.4, 0.5) is 0 Å². The molecule has 424 valence electrons. The normalized spacial score (nSPS) is 27.7. The summed E-state index contributed by atoms with van der Waals surface area (Å²) in [6, 6.07) is -11.3. The molecule has 0 saturated carbocycles. The second-order valence-corrected chi connectivity index (χ2v) is 21.2. The van der Waals surface area contributed by atoms with E-state index in [-0.39, 0.29) is 13.0 Å². The summed E-state index contributed by atoms with van der Waals surface area (Å²) in [6.07, 6.45) is -1.70. The van der Waals surface area contributed by atoms with Crippen LogP contribution in [0.3, 0.4) is 0 Å². The molecule has 0 aromatic carbocycles. The van der Waals surface area contributed by atoms with Gasteiger partial charge in [-0.3, -0.25) is 52.7 Å². The maximum absolute atomic E-state index is 14.8. The number of amides is 9. The van der Waals surface area contributed by atoms with Gasteiger partial charge in [-0.1, -0.05) is 82.1 Å². The van der Waals surface area contributed by atoms with E-state index in [1.54, 1.807) is 69.2 Å². The van der Waals surface area contributed by atoms with E-state index in [0.717, 1.165) is 24.5 Å². The van der Waals surface area contributed by atoms with Crippen LogP contribution in [0.25, 0.3) is 0 Å². The summed E-state index contributed by atoms with van der Waals surface area (Å²) in [5, 5.41) is 27.6. The lowest BCUT2D eigenvalue weighted by atomic mass is 9.92. The molecule has 0 aliphatic carbocycles. The molecule has 2 aliphatic heterocycles. The molecule has 2 rings (SSSR count). The average molecular weight is 1060 g/mol. The fraction of sp³-hybridized carbons (Fsp3) is 0.765. The molecule has 0 unspecified atom stereocenters. The van der Waals surface area contributed by atoms with Crippen LogP contribution in [0, 0.1) is 29.6 Å². The van der Waals surface area contributed by atoms with E-state index in [2.05, 4.69) is 16.0 Å². The minimum Gasteiger partial charge on any atom is -0.481 e. The average Bonchev–Trinajstić information content (AvgIpc) is 3.33. The molecule has 2 fully saturated rings. The molecule has 0 aromatic rings. The van der Waals surface area contributed by atoms with Gasteiger partial charge in [-0.25, -0.2) is 4.79 Å². The number of hydrogen-bond acceptors (Lipinski definition) is 13. The number of esters is 1. The molecule has 2 aliphatic rings. The lowest BCUT2D eigenvalue weighted by molar-refractivity contribution is -0.166. The van der Waals surface area contributed by atoms with Crippen molar-refractivity contribution in [3.63, 3.8) is 0 Å². The summed E-state index contributed by atoms with van der Waals surface area (Å²) in [5.41, 5.74) is 0. The van der Waals surface area contributed by atoms with E-state index >= 15 is 0 Å². The van der Waals surface area contributed by atoms with Crippen molar-refractivity contribution >= 4 is 71.1 Å². The Kier molecular flexibility index (Phi) is 24.6. The third-order valence-corrected chi connectivity index (χ3v) is 14.6. The molecule has 0 spiro atoms. The lowest BCUT2D eigenvalue weighted by Crippen LogP contribution is -2.63. The van der Waals surface area contributed by atoms with E-state index < -0.39 is 174 Å². The number of ether oxygens (including phenoxy) is 1. The van der Waals surface area contributed by atoms with Crippen LogP contribution in [-0.4, -0.2) is 213 Å². The Balaban J connectivity index is 2.90. The number of likely N-dealkylation sites (N-methyl/N-ethyl adjacent to an activating group) is 5. The van der Waals surface area contributed by atoms with Crippen LogP contribution >= 0.6 is 0 Å². The third-order valence-electron chi connectivity index (χ3n) is 14.6. The Morgan fingerprint density at radius 3 is 1.57 bits per heavy atom. The quantitative estimate of drug-likeness (QED) is 0.177. The van der Waals surface area contributed by atoms with Gasteiger partial charge in [0.25, 0.3) is 5.91 Å². The minimum absolute atomic E-state index is 0.0403. The van der Waals surface area contributed by atoms with Crippen molar-refractivity contribution in [2.24, 2.45) is 29.6 Å². The van der Waals surface area contributed by atoms with Crippen LogP contribution < -0.4 is 16.0 Å². The first kappa shape index (κ1) is 64.8. The second kappa shape index (κ2) is 28.5. The van der Waals surface area contributed by atoms with E-state index in [1.807, 2.05) is 0 Å². The SMILES string of the molecule is CC[C@@H](C)[C@H]1C(=O)NCC(=O)N(C)[C@@H](C(C)C)C(=O)N[C@@H](CC(=O)O)C(=O)O[C@H](C)C(=O)N2CCCC[C@H]2C(=O)N(C)[C@@H](C(C)C)C(=O)N[C@@H](C(C)C)C(=O)N(C)[C@@H](CC(=O)O)C(=O)N(C)[C@@H]([C@@H](C)CC)C(=O)N1C. The zero-order valence-electron chi connectivity index (χ0n) is 46.8. The molecule has 24 heteroatoms. The predicted molar refractivity (Wildman–Crippen MR) is 272 cm³/mol. The molecule has 2 heterocycles. The predicted octanol–water partition coefficient (Wildman–Crippen LogP) is 0.543. The Morgan fingerprint density at radius 2 is 1.07 bits per heavy atom. The number of hydrogen-bond donors (Lipinski definition) is 5. The summed E-state index contributed by atoms with van der Waals surface area (Å²) >= 11 is 0. The summed E-state index contributed by atoms with van der Waals surface area (Å²) in [7, 11) is 6.51. The summed E-state index contributed by atoms with van der Waals surface area (Å²) < 4.78 is 5.49. The molecule has 75 heavy (non-hydrogen) atoms. The van der Waals surface area contributed by atoms with Crippen LogP contribution in [-0.2, 0) is 62.3 Å². The monoisotopic (exact) mass is 1060 g/mol. The minimum atomic E-state index is -1.85. The molecule has 5 N–H and O–H groups in total. The molecule has 24 nitrogen and oxygen atoms in total. The maximum Gasteiger partial charge on any atom is 0.330 e. The number of piperidine rings is 1. The van der Waals surface area contributed by atoms with Crippen molar-refractivity contribution in [2.45, 2.75) is 176 Å².